The number of hydrogen-bond donors (Lipinski definition) is 0. The van der Waals surface area contributed by atoms with Gasteiger partial charge in [0.2, 0.25) is 0 Å². The zero-order chi connectivity index (χ0) is 10.6. The summed E-state index contributed by atoms with van der Waals surface area (Å²) in [6.07, 6.45) is 9.72. The number of hydrogen-bond acceptors (Lipinski definition) is 1. The minimum Gasteiger partial charge on any atom is -0.192 e. The zero-order valence-corrected chi connectivity index (χ0v) is 7.24. The molecule has 0 N–H and O–H groups in total. The molecule has 0 spiro atoms. The maximum absolute atomic E-state index is 13.5. The first-order chi connectivity index (χ1) is 6.62. The summed E-state index contributed by atoms with van der Waals surface area (Å²) in [5.74, 6) is 0. The summed E-state index contributed by atoms with van der Waals surface area (Å²) >= 11 is 0. The maximum atomic E-state index is 13.5. The number of halogens is 2. The Bertz CT molecular complexity index is 370. The third-order valence-corrected chi connectivity index (χ3v) is 1.66. The fourth-order valence-corrected chi connectivity index (χ4v) is 0.967. The van der Waals surface area contributed by atoms with E-state index in [0.717, 1.165) is 0 Å². The molecule has 0 amide bonds. The van der Waals surface area contributed by atoms with Gasteiger partial charge in [0, 0.05) is 17.7 Å². The highest BCUT2D eigenvalue weighted by molar-refractivity contribution is 5.22. The fraction of sp³-hybridized carbons (Fsp3) is 0.0909. The first kappa shape index (κ1) is 10.1. The molecule has 0 saturated heterocycles. The van der Waals surface area contributed by atoms with Crippen LogP contribution in [-0.4, -0.2) is 4.90 Å². The predicted molar refractivity (Wildman–Crippen MR) is 49.8 cm³/mol. The van der Waals surface area contributed by atoms with Crippen LogP contribution in [0.25, 0.3) is 0 Å². The summed E-state index contributed by atoms with van der Waals surface area (Å²) < 4.78 is 26.9. The molecule has 0 aromatic heterocycles. The zero-order valence-electron chi connectivity index (χ0n) is 7.24. The van der Waals surface area contributed by atoms with Gasteiger partial charge in [0.25, 0.3) is 0 Å². The highest BCUT2D eigenvalue weighted by Gasteiger charge is 2.37. The fourth-order valence-electron chi connectivity index (χ4n) is 0.967. The monoisotopic (exact) mass is 191 g/mol. The number of rotatable bonds is 2. The molecule has 1 rings (SSSR count). The van der Waals surface area contributed by atoms with Crippen LogP contribution in [-0.2, 0) is 6.05 Å². The van der Waals surface area contributed by atoms with E-state index < -0.39 is 6.05 Å². The quantitative estimate of drug-likeness (QED) is 0.393. The molecule has 0 aliphatic carbocycles. The molecular formula is C11H7F2N. The van der Waals surface area contributed by atoms with Gasteiger partial charge < -0.3 is 0 Å². The summed E-state index contributed by atoms with van der Waals surface area (Å²) in [7, 11) is 0. The van der Waals surface area contributed by atoms with Crippen LogP contribution in [0.4, 0.5) is 8.78 Å². The van der Waals surface area contributed by atoms with Crippen molar-refractivity contribution in [3.8, 4) is 24.9 Å². The van der Waals surface area contributed by atoms with E-state index in [4.69, 9.17) is 12.8 Å². The molecule has 1 aromatic carbocycles. The van der Waals surface area contributed by atoms with Crippen molar-refractivity contribution < 1.29 is 8.78 Å². The van der Waals surface area contributed by atoms with E-state index in [1.165, 1.54) is 24.3 Å². The maximum Gasteiger partial charge on any atom is 0.370 e. The van der Waals surface area contributed by atoms with Gasteiger partial charge in [0.1, 0.15) is 0 Å². The van der Waals surface area contributed by atoms with Crippen molar-refractivity contribution in [2.75, 3.05) is 0 Å². The molecule has 0 unspecified atom stereocenters. The molecule has 0 aliphatic heterocycles. The van der Waals surface area contributed by atoms with Crippen molar-refractivity contribution in [1.82, 2.24) is 4.90 Å². The van der Waals surface area contributed by atoms with Crippen LogP contribution in [0.15, 0.2) is 30.3 Å². The van der Waals surface area contributed by atoms with E-state index >= 15 is 0 Å². The van der Waals surface area contributed by atoms with Crippen molar-refractivity contribution in [3.63, 3.8) is 0 Å². The minimum atomic E-state index is -3.33. The molecule has 0 radical (unpaired) electrons. The molecule has 0 aliphatic rings. The van der Waals surface area contributed by atoms with E-state index in [9.17, 15) is 8.78 Å². The van der Waals surface area contributed by atoms with E-state index in [1.807, 2.05) is 0 Å². The second kappa shape index (κ2) is 3.81. The van der Waals surface area contributed by atoms with E-state index in [0.29, 0.717) is 0 Å². The molecule has 0 fully saturated rings. The van der Waals surface area contributed by atoms with E-state index in [1.54, 1.807) is 18.2 Å². The van der Waals surface area contributed by atoms with Gasteiger partial charge in [-0.2, -0.15) is 13.7 Å². The van der Waals surface area contributed by atoms with Gasteiger partial charge >= 0.3 is 6.05 Å². The molecule has 1 nitrogen and oxygen atoms in total. The highest BCUT2D eigenvalue weighted by Crippen LogP contribution is 2.30. The molecule has 1 aromatic rings. The number of terminal acetylenes is 2. The Labute approximate surface area is 81.3 Å². The van der Waals surface area contributed by atoms with Crippen LogP contribution in [0.2, 0.25) is 0 Å². The second-order valence-corrected chi connectivity index (χ2v) is 2.50. The Morgan fingerprint density at radius 3 is 2.00 bits per heavy atom. The molecule has 0 saturated carbocycles. The molecule has 3 heteroatoms. The largest absolute Gasteiger partial charge is 0.370 e. The Hall–Kier alpha value is -2.00. The summed E-state index contributed by atoms with van der Waals surface area (Å²) in [5.41, 5.74) is -0.226. The average Bonchev–Trinajstić information content (AvgIpc) is 2.20. The van der Waals surface area contributed by atoms with Crippen molar-refractivity contribution in [1.29, 1.82) is 0 Å². The number of alkyl halides is 2. The highest BCUT2D eigenvalue weighted by atomic mass is 19.3. The van der Waals surface area contributed by atoms with Crippen molar-refractivity contribution in [2.24, 2.45) is 0 Å². The van der Waals surface area contributed by atoms with Gasteiger partial charge in [-0.1, -0.05) is 43.2 Å². The molecular weight excluding hydrogens is 184 g/mol. The van der Waals surface area contributed by atoms with Crippen LogP contribution in [0, 0.1) is 24.9 Å². The first-order valence-electron chi connectivity index (χ1n) is 3.79. The normalized spacial score (nSPS) is 10.0. The predicted octanol–water partition coefficient (Wildman–Crippen LogP) is 2.22. The molecule has 70 valence electrons. The van der Waals surface area contributed by atoms with Crippen LogP contribution >= 0.6 is 0 Å². The molecule has 0 bridgehead atoms. The summed E-state index contributed by atoms with van der Waals surface area (Å²) in [5, 5.41) is 0. The van der Waals surface area contributed by atoms with Crippen LogP contribution in [0.5, 0.6) is 0 Å². The lowest BCUT2D eigenvalue weighted by molar-refractivity contribution is -0.0964. The standard InChI is InChI=1S/C11H7F2N/c1-3-14(4-2)11(12,13)10-8-6-5-7-9-10/h1-2,5-9H. The molecule has 0 heterocycles. The number of nitrogens with zero attached hydrogens (tertiary/aromatic N) is 1. The Morgan fingerprint density at radius 2 is 1.57 bits per heavy atom. The van der Waals surface area contributed by atoms with Crippen LogP contribution in [0.1, 0.15) is 5.56 Å². The summed E-state index contributed by atoms with van der Waals surface area (Å²) in [4.78, 5) is 0.197. The lowest BCUT2D eigenvalue weighted by Crippen LogP contribution is -2.31. The molecule has 14 heavy (non-hydrogen) atoms. The lowest BCUT2D eigenvalue weighted by Gasteiger charge is -2.22. The van der Waals surface area contributed by atoms with Gasteiger partial charge in [-0.05, 0) is 0 Å². The Kier molecular flexibility index (Phi) is 2.74. The van der Waals surface area contributed by atoms with Crippen LogP contribution < -0.4 is 0 Å². The first-order valence-corrected chi connectivity index (χ1v) is 3.79. The SMILES string of the molecule is C#CN(C#C)C(F)(F)c1ccccc1. The van der Waals surface area contributed by atoms with Gasteiger partial charge in [-0.3, -0.25) is 0 Å². The smallest absolute Gasteiger partial charge is 0.192 e. The van der Waals surface area contributed by atoms with Crippen molar-refractivity contribution in [2.45, 2.75) is 6.05 Å². The topological polar surface area (TPSA) is 3.24 Å². The summed E-state index contributed by atoms with van der Waals surface area (Å²) in [6.45, 7) is 0. The van der Waals surface area contributed by atoms with Gasteiger partial charge in [-0.15, -0.1) is 0 Å². The van der Waals surface area contributed by atoms with Crippen molar-refractivity contribution in [3.05, 3.63) is 35.9 Å². The third-order valence-electron chi connectivity index (χ3n) is 1.66. The second-order valence-electron chi connectivity index (χ2n) is 2.50. The number of benzene rings is 1. The van der Waals surface area contributed by atoms with Gasteiger partial charge in [-0.25, -0.2) is 0 Å². The molecule has 0 atom stereocenters. The van der Waals surface area contributed by atoms with Crippen molar-refractivity contribution >= 4 is 0 Å². The van der Waals surface area contributed by atoms with E-state index in [-0.39, 0.29) is 10.5 Å². The average molecular weight is 191 g/mol. The Balaban J connectivity index is 3.10. The van der Waals surface area contributed by atoms with Gasteiger partial charge in [0.15, 0.2) is 0 Å². The van der Waals surface area contributed by atoms with Gasteiger partial charge in [0.05, 0.1) is 0 Å². The van der Waals surface area contributed by atoms with Crippen LogP contribution in [0.3, 0.4) is 0 Å². The summed E-state index contributed by atoms with van der Waals surface area (Å²) in [6, 6.07) is 7.30. The lowest BCUT2D eigenvalue weighted by atomic mass is 10.2. The minimum absolute atomic E-state index is 0.197. The Morgan fingerprint density at radius 1 is 1.07 bits per heavy atom. The third kappa shape index (κ3) is 1.67. The van der Waals surface area contributed by atoms with E-state index in [2.05, 4.69) is 0 Å².